The zero-order valence-corrected chi connectivity index (χ0v) is 15.4. The summed E-state index contributed by atoms with van der Waals surface area (Å²) in [5, 5.41) is 13.6. The van der Waals surface area contributed by atoms with Gasteiger partial charge in [-0.05, 0) is 31.6 Å². The third-order valence-corrected chi connectivity index (χ3v) is 6.11. The van der Waals surface area contributed by atoms with Crippen LogP contribution in [0.1, 0.15) is 75.7 Å². The number of carbonyl (C=O) groups excluding carboxylic acids is 1. The largest absolute Gasteiger partial charge is 0.493 e. The number of aromatic amines is 1. The molecule has 138 valence electrons. The van der Waals surface area contributed by atoms with Crippen molar-refractivity contribution in [1.29, 1.82) is 0 Å². The molecule has 0 saturated heterocycles. The molecule has 3 rings (SSSR count). The van der Waals surface area contributed by atoms with E-state index in [1.165, 1.54) is 25.7 Å². The maximum Gasteiger partial charge on any atom is 0.258 e. The summed E-state index contributed by atoms with van der Waals surface area (Å²) in [6.07, 6.45) is 10.9. The Bertz CT molecular complexity index is 649. The van der Waals surface area contributed by atoms with Crippen LogP contribution in [-0.2, 0) is 4.79 Å². The highest BCUT2D eigenvalue weighted by Crippen LogP contribution is 2.34. The minimum absolute atomic E-state index is 0.0459. The smallest absolute Gasteiger partial charge is 0.258 e. The number of aromatic hydroxyl groups is 1. The molecule has 7 heteroatoms. The van der Waals surface area contributed by atoms with Crippen LogP contribution in [0.15, 0.2) is 9.95 Å². The van der Waals surface area contributed by atoms with Crippen LogP contribution >= 0.6 is 11.8 Å². The van der Waals surface area contributed by atoms with E-state index in [2.05, 4.69) is 15.3 Å². The van der Waals surface area contributed by atoms with E-state index < -0.39 is 0 Å². The normalized spacial score (nSPS) is 19.7. The Labute approximate surface area is 152 Å². The molecule has 0 spiro atoms. The van der Waals surface area contributed by atoms with Gasteiger partial charge in [0, 0.05) is 6.04 Å². The SMILES string of the molecule is O=C(CSc1nc(O)c(C2CCCCC2)c(=O)[nH]1)NC1CCCCC1. The van der Waals surface area contributed by atoms with Gasteiger partial charge in [0.2, 0.25) is 11.8 Å². The number of rotatable bonds is 5. The molecule has 0 aromatic carbocycles. The first-order valence-electron chi connectivity index (χ1n) is 9.39. The monoisotopic (exact) mass is 365 g/mol. The Balaban J connectivity index is 1.57. The molecule has 2 fully saturated rings. The summed E-state index contributed by atoms with van der Waals surface area (Å²) in [7, 11) is 0. The van der Waals surface area contributed by atoms with E-state index in [4.69, 9.17) is 0 Å². The summed E-state index contributed by atoms with van der Waals surface area (Å²) in [5.41, 5.74) is 0.144. The maximum absolute atomic E-state index is 12.4. The molecule has 1 aromatic rings. The molecular weight excluding hydrogens is 338 g/mol. The fourth-order valence-electron chi connectivity index (χ4n) is 3.93. The Morgan fingerprint density at radius 2 is 1.76 bits per heavy atom. The van der Waals surface area contributed by atoms with Crippen molar-refractivity contribution < 1.29 is 9.90 Å². The molecule has 0 aliphatic heterocycles. The molecule has 0 radical (unpaired) electrons. The van der Waals surface area contributed by atoms with E-state index >= 15 is 0 Å². The molecular formula is C18H27N3O3S. The summed E-state index contributed by atoms with van der Waals surface area (Å²) >= 11 is 1.16. The molecule has 25 heavy (non-hydrogen) atoms. The highest BCUT2D eigenvalue weighted by molar-refractivity contribution is 7.99. The highest BCUT2D eigenvalue weighted by Gasteiger charge is 2.23. The van der Waals surface area contributed by atoms with Crippen LogP contribution in [0.4, 0.5) is 0 Å². The van der Waals surface area contributed by atoms with Gasteiger partial charge in [0.05, 0.1) is 11.3 Å². The third kappa shape index (κ3) is 5.00. The number of nitrogens with one attached hydrogen (secondary N) is 2. The van der Waals surface area contributed by atoms with Crippen molar-refractivity contribution in [2.24, 2.45) is 0 Å². The van der Waals surface area contributed by atoms with Crippen LogP contribution in [-0.4, -0.2) is 32.8 Å². The molecule has 2 aliphatic carbocycles. The van der Waals surface area contributed by atoms with Gasteiger partial charge in [0.25, 0.3) is 5.56 Å². The maximum atomic E-state index is 12.4. The highest BCUT2D eigenvalue weighted by atomic mass is 32.2. The van der Waals surface area contributed by atoms with Crippen molar-refractivity contribution in [1.82, 2.24) is 15.3 Å². The first-order chi connectivity index (χ1) is 12.1. The summed E-state index contributed by atoms with van der Waals surface area (Å²) < 4.78 is 0. The quantitative estimate of drug-likeness (QED) is 0.551. The molecule has 0 atom stereocenters. The fraction of sp³-hybridized carbons (Fsp3) is 0.722. The summed E-state index contributed by atoms with van der Waals surface area (Å²) in [6, 6.07) is 0.274. The van der Waals surface area contributed by atoms with Crippen LogP contribution in [0.25, 0.3) is 0 Å². The molecule has 3 N–H and O–H groups in total. The standard InChI is InChI=1S/C18H27N3O3S/c22-14(19-13-9-5-2-6-10-13)11-25-18-20-16(23)15(17(24)21-18)12-7-3-1-4-8-12/h12-13H,1-11H2,(H,19,22)(H2,20,21,23,24). The van der Waals surface area contributed by atoms with Crippen LogP contribution in [0.3, 0.4) is 0 Å². The molecule has 6 nitrogen and oxygen atoms in total. The predicted molar refractivity (Wildman–Crippen MR) is 98.1 cm³/mol. The zero-order valence-electron chi connectivity index (χ0n) is 14.6. The van der Waals surface area contributed by atoms with E-state index in [0.717, 1.165) is 50.3 Å². The van der Waals surface area contributed by atoms with Crippen molar-refractivity contribution >= 4 is 17.7 Å². The van der Waals surface area contributed by atoms with Crippen LogP contribution < -0.4 is 10.9 Å². The summed E-state index contributed by atoms with van der Waals surface area (Å²) in [6.45, 7) is 0. The van der Waals surface area contributed by atoms with Gasteiger partial charge in [0.1, 0.15) is 0 Å². The van der Waals surface area contributed by atoms with Crippen molar-refractivity contribution in [2.75, 3.05) is 5.75 Å². The van der Waals surface area contributed by atoms with Gasteiger partial charge >= 0.3 is 0 Å². The number of hydrogen-bond acceptors (Lipinski definition) is 5. The van der Waals surface area contributed by atoms with Gasteiger partial charge in [-0.1, -0.05) is 50.3 Å². The number of hydrogen-bond donors (Lipinski definition) is 3. The van der Waals surface area contributed by atoms with Crippen molar-refractivity contribution in [3.05, 3.63) is 15.9 Å². The van der Waals surface area contributed by atoms with Crippen LogP contribution in [0.2, 0.25) is 0 Å². The first-order valence-corrected chi connectivity index (χ1v) is 10.4. The van der Waals surface area contributed by atoms with Crippen LogP contribution in [0.5, 0.6) is 5.88 Å². The van der Waals surface area contributed by atoms with Gasteiger partial charge in [-0.25, -0.2) is 0 Å². The van der Waals surface area contributed by atoms with Gasteiger partial charge in [-0.2, -0.15) is 4.98 Å². The molecule has 0 bridgehead atoms. The Morgan fingerprint density at radius 1 is 1.12 bits per heavy atom. The van der Waals surface area contributed by atoms with Gasteiger partial charge in [0.15, 0.2) is 5.16 Å². The average Bonchev–Trinajstić information content (AvgIpc) is 2.61. The number of amides is 1. The van der Waals surface area contributed by atoms with E-state index in [1.807, 2.05) is 0 Å². The molecule has 0 unspecified atom stereocenters. The number of thioether (sulfide) groups is 1. The lowest BCUT2D eigenvalue weighted by Gasteiger charge is -2.22. The fourth-order valence-corrected chi connectivity index (χ4v) is 4.60. The lowest BCUT2D eigenvalue weighted by atomic mass is 9.85. The summed E-state index contributed by atoms with van der Waals surface area (Å²) in [5.74, 6) is 0.0710. The van der Waals surface area contributed by atoms with Crippen molar-refractivity contribution in [3.63, 3.8) is 0 Å². The van der Waals surface area contributed by atoms with E-state index in [-0.39, 0.29) is 35.1 Å². The number of H-pyrrole nitrogens is 1. The second kappa shape index (κ2) is 8.74. The number of carbonyl (C=O) groups is 1. The molecule has 1 aromatic heterocycles. The average molecular weight is 365 g/mol. The number of nitrogens with zero attached hydrogens (tertiary/aromatic N) is 1. The second-order valence-electron chi connectivity index (χ2n) is 7.13. The van der Waals surface area contributed by atoms with Crippen molar-refractivity contribution in [3.8, 4) is 5.88 Å². The van der Waals surface area contributed by atoms with Gasteiger partial charge < -0.3 is 15.4 Å². The van der Waals surface area contributed by atoms with E-state index in [1.54, 1.807) is 0 Å². The van der Waals surface area contributed by atoms with E-state index in [9.17, 15) is 14.7 Å². The summed E-state index contributed by atoms with van der Waals surface area (Å²) in [4.78, 5) is 31.2. The number of aromatic nitrogens is 2. The molecule has 2 saturated carbocycles. The molecule has 1 amide bonds. The zero-order chi connectivity index (χ0) is 17.6. The minimum Gasteiger partial charge on any atom is -0.493 e. The molecule has 2 aliphatic rings. The lowest BCUT2D eigenvalue weighted by Crippen LogP contribution is -2.37. The predicted octanol–water partition coefficient (Wildman–Crippen LogP) is 3.06. The van der Waals surface area contributed by atoms with Gasteiger partial charge in [-0.3, -0.25) is 9.59 Å². The minimum atomic E-state index is -0.269. The second-order valence-corrected chi connectivity index (χ2v) is 8.10. The van der Waals surface area contributed by atoms with Crippen LogP contribution in [0, 0.1) is 0 Å². The van der Waals surface area contributed by atoms with Gasteiger partial charge in [-0.15, -0.1) is 0 Å². The Hall–Kier alpha value is -1.50. The lowest BCUT2D eigenvalue weighted by molar-refractivity contribution is -0.119. The van der Waals surface area contributed by atoms with Crippen molar-refractivity contribution in [2.45, 2.75) is 81.3 Å². The Morgan fingerprint density at radius 3 is 2.40 bits per heavy atom. The molecule has 1 heterocycles. The topological polar surface area (TPSA) is 95.1 Å². The Kier molecular flexibility index (Phi) is 6.39. The third-order valence-electron chi connectivity index (χ3n) is 5.24. The first kappa shape index (κ1) is 18.3. The van der Waals surface area contributed by atoms with E-state index in [0.29, 0.717) is 10.7 Å².